The van der Waals surface area contributed by atoms with Gasteiger partial charge in [-0.1, -0.05) is 6.92 Å². The minimum Gasteiger partial charge on any atom is -0.480 e. The van der Waals surface area contributed by atoms with Gasteiger partial charge in [-0.2, -0.15) is 0 Å². The van der Waals surface area contributed by atoms with Gasteiger partial charge in [-0.3, -0.25) is 10.1 Å². The molecule has 0 radical (unpaired) electrons. The first kappa shape index (κ1) is 12.8. The molecule has 90 valence electrons. The second-order valence-corrected chi connectivity index (χ2v) is 4.06. The standard InChI is InChI=1S/C12H19NO3/c1-5-11(12(14)15)13-8(3)10-6-7(2)16-9(10)4/h6,8,11,13H,5H2,1-4H3,(H,14,15). The van der Waals surface area contributed by atoms with E-state index in [0.29, 0.717) is 6.42 Å². The fraction of sp³-hybridized carbons (Fsp3) is 0.583. The molecule has 4 nitrogen and oxygen atoms in total. The molecular formula is C12H19NO3. The molecule has 0 aliphatic heterocycles. The fourth-order valence-corrected chi connectivity index (χ4v) is 1.84. The van der Waals surface area contributed by atoms with Crippen molar-refractivity contribution in [1.82, 2.24) is 5.32 Å². The molecule has 16 heavy (non-hydrogen) atoms. The van der Waals surface area contributed by atoms with Crippen molar-refractivity contribution in [3.63, 3.8) is 0 Å². The average molecular weight is 225 g/mol. The van der Waals surface area contributed by atoms with Crippen molar-refractivity contribution in [2.75, 3.05) is 0 Å². The molecule has 4 heteroatoms. The SMILES string of the molecule is CCC(NC(C)c1cc(C)oc1C)C(=O)O. The summed E-state index contributed by atoms with van der Waals surface area (Å²) in [6, 6.07) is 1.42. The highest BCUT2D eigenvalue weighted by Gasteiger charge is 2.20. The van der Waals surface area contributed by atoms with E-state index in [2.05, 4.69) is 5.32 Å². The van der Waals surface area contributed by atoms with Crippen LogP contribution < -0.4 is 5.32 Å². The van der Waals surface area contributed by atoms with Crippen LogP contribution in [0.15, 0.2) is 10.5 Å². The Labute approximate surface area is 95.7 Å². The normalized spacial score (nSPS) is 14.8. The van der Waals surface area contributed by atoms with Crippen molar-refractivity contribution in [2.45, 2.75) is 46.2 Å². The van der Waals surface area contributed by atoms with E-state index < -0.39 is 12.0 Å². The molecule has 1 heterocycles. The highest BCUT2D eigenvalue weighted by atomic mass is 16.4. The Morgan fingerprint density at radius 3 is 2.56 bits per heavy atom. The largest absolute Gasteiger partial charge is 0.480 e. The number of furan rings is 1. The van der Waals surface area contributed by atoms with Crippen molar-refractivity contribution in [3.8, 4) is 0 Å². The summed E-state index contributed by atoms with van der Waals surface area (Å²) >= 11 is 0. The molecule has 1 aromatic rings. The number of hydrogen-bond donors (Lipinski definition) is 2. The highest BCUT2D eigenvalue weighted by Crippen LogP contribution is 2.21. The Morgan fingerprint density at radius 1 is 1.56 bits per heavy atom. The lowest BCUT2D eigenvalue weighted by Crippen LogP contribution is -2.37. The van der Waals surface area contributed by atoms with Crippen LogP contribution in [0.25, 0.3) is 0 Å². The van der Waals surface area contributed by atoms with Gasteiger partial charge in [-0.05, 0) is 33.3 Å². The van der Waals surface area contributed by atoms with E-state index in [1.807, 2.05) is 33.8 Å². The van der Waals surface area contributed by atoms with Crippen LogP contribution >= 0.6 is 0 Å². The summed E-state index contributed by atoms with van der Waals surface area (Å²) in [6.07, 6.45) is 0.565. The maximum absolute atomic E-state index is 10.9. The molecule has 0 aliphatic carbocycles. The van der Waals surface area contributed by atoms with Crippen LogP contribution in [-0.4, -0.2) is 17.1 Å². The lowest BCUT2D eigenvalue weighted by Gasteiger charge is -2.18. The fourth-order valence-electron chi connectivity index (χ4n) is 1.84. The molecule has 0 amide bonds. The van der Waals surface area contributed by atoms with Gasteiger partial charge in [-0.25, -0.2) is 0 Å². The van der Waals surface area contributed by atoms with Crippen LogP contribution in [0.3, 0.4) is 0 Å². The molecule has 1 rings (SSSR count). The van der Waals surface area contributed by atoms with E-state index in [9.17, 15) is 4.79 Å². The highest BCUT2D eigenvalue weighted by molar-refractivity contribution is 5.73. The van der Waals surface area contributed by atoms with Gasteiger partial charge in [-0.15, -0.1) is 0 Å². The van der Waals surface area contributed by atoms with Crippen LogP contribution in [0.1, 0.15) is 43.4 Å². The van der Waals surface area contributed by atoms with Crippen molar-refractivity contribution in [3.05, 3.63) is 23.2 Å². The van der Waals surface area contributed by atoms with Crippen molar-refractivity contribution < 1.29 is 14.3 Å². The summed E-state index contributed by atoms with van der Waals surface area (Å²) in [6.45, 7) is 7.58. The van der Waals surface area contributed by atoms with E-state index in [-0.39, 0.29) is 6.04 Å². The van der Waals surface area contributed by atoms with E-state index in [1.165, 1.54) is 0 Å². The third-order valence-corrected chi connectivity index (χ3v) is 2.70. The number of hydrogen-bond acceptors (Lipinski definition) is 3. The summed E-state index contributed by atoms with van der Waals surface area (Å²) in [5.74, 6) is 0.884. The van der Waals surface area contributed by atoms with Crippen LogP contribution in [0.4, 0.5) is 0 Å². The van der Waals surface area contributed by atoms with Gasteiger partial charge < -0.3 is 9.52 Å². The number of rotatable bonds is 5. The topological polar surface area (TPSA) is 62.5 Å². The molecule has 0 spiro atoms. The van der Waals surface area contributed by atoms with Crippen LogP contribution in [0.5, 0.6) is 0 Å². The number of aliphatic carboxylic acids is 1. The summed E-state index contributed by atoms with van der Waals surface area (Å²) in [7, 11) is 0. The van der Waals surface area contributed by atoms with Gasteiger partial charge in [0.15, 0.2) is 0 Å². The van der Waals surface area contributed by atoms with Gasteiger partial charge in [0.25, 0.3) is 0 Å². The summed E-state index contributed by atoms with van der Waals surface area (Å²) < 4.78 is 5.42. The van der Waals surface area contributed by atoms with E-state index in [4.69, 9.17) is 9.52 Å². The lowest BCUT2D eigenvalue weighted by molar-refractivity contribution is -0.139. The summed E-state index contributed by atoms with van der Waals surface area (Å²) in [5.41, 5.74) is 1.03. The Hall–Kier alpha value is -1.29. The van der Waals surface area contributed by atoms with Gasteiger partial charge >= 0.3 is 5.97 Å². The smallest absolute Gasteiger partial charge is 0.320 e. The molecule has 0 saturated carbocycles. The van der Waals surface area contributed by atoms with Crippen LogP contribution in [-0.2, 0) is 4.79 Å². The molecular weight excluding hydrogens is 206 g/mol. The predicted molar refractivity (Wildman–Crippen MR) is 61.4 cm³/mol. The molecule has 2 N–H and O–H groups in total. The van der Waals surface area contributed by atoms with Crippen LogP contribution in [0.2, 0.25) is 0 Å². The van der Waals surface area contributed by atoms with Crippen molar-refractivity contribution in [2.24, 2.45) is 0 Å². The number of carboxylic acid groups (broad SMARTS) is 1. The number of aryl methyl sites for hydroxylation is 2. The van der Waals surface area contributed by atoms with Crippen LogP contribution in [0, 0.1) is 13.8 Å². The molecule has 0 fully saturated rings. The minimum atomic E-state index is -0.813. The molecule has 0 aromatic carbocycles. The molecule has 0 saturated heterocycles. The van der Waals surface area contributed by atoms with Gasteiger partial charge in [0.2, 0.25) is 0 Å². The number of carbonyl (C=O) groups is 1. The first-order valence-corrected chi connectivity index (χ1v) is 5.51. The monoisotopic (exact) mass is 225 g/mol. The van der Waals surface area contributed by atoms with Crippen molar-refractivity contribution >= 4 is 5.97 Å². The maximum Gasteiger partial charge on any atom is 0.320 e. The molecule has 2 unspecified atom stereocenters. The number of nitrogens with one attached hydrogen (secondary N) is 1. The molecule has 0 bridgehead atoms. The second-order valence-electron chi connectivity index (χ2n) is 4.06. The van der Waals surface area contributed by atoms with E-state index in [1.54, 1.807) is 0 Å². The second kappa shape index (κ2) is 5.16. The maximum atomic E-state index is 10.9. The first-order chi connectivity index (χ1) is 7.45. The minimum absolute atomic E-state index is 0.0153. The zero-order valence-electron chi connectivity index (χ0n) is 10.2. The molecule has 0 aliphatic rings. The zero-order valence-corrected chi connectivity index (χ0v) is 10.2. The van der Waals surface area contributed by atoms with E-state index in [0.717, 1.165) is 17.1 Å². The van der Waals surface area contributed by atoms with Gasteiger partial charge in [0.1, 0.15) is 17.6 Å². The summed E-state index contributed by atoms with van der Waals surface area (Å²) in [5, 5.41) is 12.0. The Bertz CT molecular complexity index is 370. The predicted octanol–water partition coefficient (Wildman–Crippen LogP) is 2.41. The summed E-state index contributed by atoms with van der Waals surface area (Å²) in [4.78, 5) is 10.9. The zero-order chi connectivity index (χ0) is 12.3. The van der Waals surface area contributed by atoms with Crippen molar-refractivity contribution in [1.29, 1.82) is 0 Å². The Morgan fingerprint density at radius 2 is 2.19 bits per heavy atom. The Balaban J connectivity index is 2.75. The first-order valence-electron chi connectivity index (χ1n) is 5.51. The average Bonchev–Trinajstić information content (AvgIpc) is 2.53. The Kier molecular flexibility index (Phi) is 4.12. The van der Waals surface area contributed by atoms with E-state index >= 15 is 0 Å². The third kappa shape index (κ3) is 2.85. The quantitative estimate of drug-likeness (QED) is 0.807. The lowest BCUT2D eigenvalue weighted by atomic mass is 10.1. The molecule has 1 aromatic heterocycles. The van der Waals surface area contributed by atoms with Gasteiger partial charge in [0.05, 0.1) is 0 Å². The van der Waals surface area contributed by atoms with Gasteiger partial charge in [0, 0.05) is 11.6 Å². The third-order valence-electron chi connectivity index (χ3n) is 2.70. The molecule has 2 atom stereocenters. The number of carboxylic acids is 1.